The number of carbonyl (C=O) groups is 1. The van der Waals surface area contributed by atoms with Gasteiger partial charge in [-0.3, -0.25) is 4.79 Å². The summed E-state index contributed by atoms with van der Waals surface area (Å²) in [6.45, 7) is 0.740. The van der Waals surface area contributed by atoms with Gasteiger partial charge in [-0.05, 0) is 19.1 Å². The number of ketones is 1. The number of carbonyl (C=O) groups excluding carboxylic acids is 1. The largest absolute Gasteiger partial charge is 0.417 e. The van der Waals surface area contributed by atoms with E-state index < -0.39 is 40.5 Å². The highest BCUT2D eigenvalue weighted by Gasteiger charge is 2.45. The molecule has 18 heavy (non-hydrogen) atoms. The van der Waals surface area contributed by atoms with Gasteiger partial charge in [-0.25, -0.2) is 0 Å². The zero-order valence-electron chi connectivity index (χ0n) is 8.91. The van der Waals surface area contributed by atoms with Gasteiger partial charge in [0.05, 0.1) is 11.1 Å². The molecule has 0 amide bonds. The highest BCUT2D eigenvalue weighted by molar-refractivity contribution is 5.97. The predicted octanol–water partition coefficient (Wildman–Crippen LogP) is 3.51. The van der Waals surface area contributed by atoms with Crippen LogP contribution in [0, 0.1) is 0 Å². The molecule has 0 atom stereocenters. The average Bonchev–Trinajstić information content (AvgIpc) is 2.12. The van der Waals surface area contributed by atoms with Gasteiger partial charge < -0.3 is 5.73 Å². The molecule has 0 unspecified atom stereocenters. The van der Waals surface area contributed by atoms with Crippen LogP contribution in [0.25, 0.3) is 0 Å². The molecule has 0 aliphatic carbocycles. The molecule has 0 aromatic heterocycles. The van der Waals surface area contributed by atoms with Crippen LogP contribution in [0.4, 0.5) is 32.0 Å². The number of nitrogens with two attached hydrogens (primary N) is 1. The number of Topliss-reactive ketones (excluding diaryl/α,β-unsaturated/α-hetero) is 1. The maximum Gasteiger partial charge on any atom is 0.417 e. The summed E-state index contributed by atoms with van der Waals surface area (Å²) in [5.41, 5.74) is -0.518. The van der Waals surface area contributed by atoms with E-state index in [1.165, 1.54) is 0 Å². The maximum atomic E-state index is 12.6. The lowest BCUT2D eigenvalue weighted by molar-refractivity contribution is -0.162. The van der Waals surface area contributed by atoms with E-state index in [2.05, 4.69) is 0 Å². The molecule has 0 spiro atoms. The van der Waals surface area contributed by atoms with Gasteiger partial charge in [-0.15, -0.1) is 0 Å². The highest BCUT2D eigenvalue weighted by atomic mass is 19.4. The Hall–Kier alpha value is -1.73. The van der Waals surface area contributed by atoms with Crippen molar-refractivity contribution in [3.63, 3.8) is 0 Å². The number of hydrogen-bond donors (Lipinski definition) is 1. The van der Waals surface area contributed by atoms with E-state index >= 15 is 0 Å². The third kappa shape index (κ3) is 2.74. The third-order valence-corrected chi connectivity index (χ3v) is 2.13. The summed E-state index contributed by atoms with van der Waals surface area (Å²) in [6, 6.07) is 0.746. The van der Waals surface area contributed by atoms with Crippen molar-refractivity contribution in [3.05, 3.63) is 28.8 Å². The van der Waals surface area contributed by atoms with E-state index in [0.29, 0.717) is 6.07 Å². The van der Waals surface area contributed by atoms with Gasteiger partial charge >= 0.3 is 12.4 Å². The van der Waals surface area contributed by atoms with Crippen molar-refractivity contribution in [2.45, 2.75) is 19.3 Å². The van der Waals surface area contributed by atoms with Gasteiger partial charge in [0.2, 0.25) is 0 Å². The van der Waals surface area contributed by atoms with Crippen molar-refractivity contribution in [2.24, 2.45) is 0 Å². The summed E-state index contributed by atoms with van der Waals surface area (Å²) in [4.78, 5) is 11.0. The molecule has 1 rings (SSSR count). The Balaban J connectivity index is 3.76. The number of benzene rings is 1. The van der Waals surface area contributed by atoms with Gasteiger partial charge in [0.1, 0.15) is 0 Å². The lowest BCUT2D eigenvalue weighted by Crippen LogP contribution is -2.21. The maximum absolute atomic E-state index is 12.6. The Labute approximate surface area is 97.4 Å². The topological polar surface area (TPSA) is 43.1 Å². The van der Waals surface area contributed by atoms with E-state index in [-0.39, 0.29) is 6.07 Å². The Bertz CT molecular complexity index is 488. The number of nitrogen functional groups attached to an aromatic ring is 1. The lowest BCUT2D eigenvalue weighted by atomic mass is 9.96. The van der Waals surface area contributed by atoms with Crippen molar-refractivity contribution >= 4 is 11.5 Å². The molecule has 1 aromatic carbocycles. The van der Waals surface area contributed by atoms with Crippen molar-refractivity contribution < 1.29 is 31.1 Å². The molecule has 0 bridgehead atoms. The summed E-state index contributed by atoms with van der Waals surface area (Å²) < 4.78 is 75.5. The van der Waals surface area contributed by atoms with Crippen molar-refractivity contribution in [3.8, 4) is 0 Å². The van der Waals surface area contributed by atoms with Crippen LogP contribution in [0.2, 0.25) is 0 Å². The van der Waals surface area contributed by atoms with Crippen molar-refractivity contribution in [2.75, 3.05) is 5.73 Å². The van der Waals surface area contributed by atoms with E-state index in [4.69, 9.17) is 5.73 Å². The first kappa shape index (κ1) is 14.3. The molecule has 0 fully saturated rings. The molecular weight excluding hydrogens is 264 g/mol. The number of hydrogen-bond acceptors (Lipinski definition) is 2. The number of anilines is 1. The van der Waals surface area contributed by atoms with Crippen LogP contribution in [0.15, 0.2) is 12.1 Å². The fourth-order valence-corrected chi connectivity index (χ4v) is 1.47. The van der Waals surface area contributed by atoms with Crippen LogP contribution in [-0.2, 0) is 12.4 Å². The number of rotatable bonds is 1. The Morgan fingerprint density at radius 3 is 1.89 bits per heavy atom. The van der Waals surface area contributed by atoms with Crippen molar-refractivity contribution in [1.29, 1.82) is 0 Å². The predicted molar refractivity (Wildman–Crippen MR) is 50.9 cm³/mol. The summed E-state index contributed by atoms with van der Waals surface area (Å²) in [6.07, 6.45) is -10.5. The molecule has 2 N–H and O–H groups in total. The minimum absolute atomic E-state index is 0.162. The summed E-state index contributed by atoms with van der Waals surface area (Å²) >= 11 is 0. The van der Waals surface area contributed by atoms with Gasteiger partial charge in [0.25, 0.3) is 0 Å². The first-order chi connectivity index (χ1) is 7.94. The Kier molecular flexibility index (Phi) is 3.33. The molecule has 1 aromatic rings. The van der Waals surface area contributed by atoms with E-state index in [9.17, 15) is 31.1 Å². The lowest BCUT2D eigenvalue weighted by Gasteiger charge is -2.18. The molecule has 0 aliphatic rings. The molecule has 0 aliphatic heterocycles. The van der Waals surface area contributed by atoms with Crippen LogP contribution in [0.5, 0.6) is 0 Å². The summed E-state index contributed by atoms with van der Waals surface area (Å²) in [5, 5.41) is 0. The number of halogens is 6. The van der Waals surface area contributed by atoms with E-state index in [0.717, 1.165) is 6.92 Å². The van der Waals surface area contributed by atoms with E-state index in [1.54, 1.807) is 0 Å². The van der Waals surface area contributed by atoms with Crippen LogP contribution in [-0.4, -0.2) is 5.78 Å². The zero-order valence-corrected chi connectivity index (χ0v) is 8.91. The molecule has 0 saturated heterocycles. The second-order valence-corrected chi connectivity index (χ2v) is 3.54. The van der Waals surface area contributed by atoms with E-state index in [1.807, 2.05) is 0 Å². The fraction of sp³-hybridized carbons (Fsp3) is 0.300. The van der Waals surface area contributed by atoms with Crippen LogP contribution >= 0.6 is 0 Å². The molecule has 2 nitrogen and oxygen atoms in total. The second-order valence-electron chi connectivity index (χ2n) is 3.54. The smallest absolute Gasteiger partial charge is 0.399 e. The van der Waals surface area contributed by atoms with Crippen molar-refractivity contribution in [1.82, 2.24) is 0 Å². The quantitative estimate of drug-likeness (QED) is 0.482. The van der Waals surface area contributed by atoms with Crippen LogP contribution < -0.4 is 5.73 Å². The normalized spacial score (nSPS) is 12.6. The minimum atomic E-state index is -5.29. The summed E-state index contributed by atoms with van der Waals surface area (Å²) in [7, 11) is 0. The molecule has 8 heteroatoms. The molecule has 0 radical (unpaired) electrons. The first-order valence-electron chi connectivity index (χ1n) is 4.53. The second kappa shape index (κ2) is 4.18. The fourth-order valence-electron chi connectivity index (χ4n) is 1.47. The standard InChI is InChI=1S/C10H7F6NO/c1-4(18)6-2-5(17)3-7(9(11,12)13)8(6)10(14,15)16/h2-3H,17H2,1H3. The minimum Gasteiger partial charge on any atom is -0.399 e. The molecular formula is C10H7F6NO. The zero-order chi connectivity index (χ0) is 14.3. The third-order valence-electron chi connectivity index (χ3n) is 2.13. The molecule has 0 saturated carbocycles. The van der Waals surface area contributed by atoms with Crippen LogP contribution in [0.1, 0.15) is 28.4 Å². The SMILES string of the molecule is CC(=O)c1cc(N)cc(C(F)(F)F)c1C(F)(F)F. The van der Waals surface area contributed by atoms with Crippen LogP contribution in [0.3, 0.4) is 0 Å². The summed E-state index contributed by atoms with van der Waals surface area (Å²) in [5.74, 6) is -1.14. The highest BCUT2D eigenvalue weighted by Crippen LogP contribution is 2.43. The van der Waals surface area contributed by atoms with Gasteiger partial charge in [-0.1, -0.05) is 0 Å². The Morgan fingerprint density at radius 1 is 1.06 bits per heavy atom. The van der Waals surface area contributed by atoms with Gasteiger partial charge in [0, 0.05) is 11.3 Å². The number of alkyl halides is 6. The average molecular weight is 271 g/mol. The van der Waals surface area contributed by atoms with Gasteiger partial charge in [-0.2, -0.15) is 26.3 Å². The molecule has 100 valence electrons. The van der Waals surface area contributed by atoms with Gasteiger partial charge in [0.15, 0.2) is 5.78 Å². The first-order valence-corrected chi connectivity index (χ1v) is 4.53. The monoisotopic (exact) mass is 271 g/mol. The Morgan fingerprint density at radius 2 is 1.56 bits per heavy atom. The molecule has 0 heterocycles.